The maximum atomic E-state index is 5.71. The molecule has 1 atom stereocenters. The molecular formula is C18H21N3O. The summed E-state index contributed by atoms with van der Waals surface area (Å²) in [5, 5.41) is 3.32. The third-order valence-corrected chi connectivity index (χ3v) is 3.83. The number of benzene rings is 2. The van der Waals surface area contributed by atoms with Gasteiger partial charge in [-0.1, -0.05) is 42.5 Å². The van der Waals surface area contributed by atoms with Crippen LogP contribution < -0.4 is 5.32 Å². The lowest BCUT2D eigenvalue weighted by molar-refractivity contribution is 0.302. The number of hydrogen-bond donors (Lipinski definition) is 1. The van der Waals surface area contributed by atoms with E-state index in [0.29, 0.717) is 12.1 Å². The Bertz CT molecular complexity index is 688. The van der Waals surface area contributed by atoms with Crippen LogP contribution in [0.3, 0.4) is 0 Å². The van der Waals surface area contributed by atoms with Gasteiger partial charge in [0.05, 0.1) is 0 Å². The first kappa shape index (κ1) is 14.6. The van der Waals surface area contributed by atoms with Crippen molar-refractivity contribution in [1.29, 1.82) is 0 Å². The molecule has 0 aliphatic rings. The summed E-state index contributed by atoms with van der Waals surface area (Å²) in [5.41, 5.74) is 3.03. The van der Waals surface area contributed by atoms with Crippen molar-refractivity contribution >= 4 is 17.1 Å². The third kappa shape index (κ3) is 3.46. The second-order valence-electron chi connectivity index (χ2n) is 5.67. The second kappa shape index (κ2) is 6.62. The maximum absolute atomic E-state index is 5.71. The van der Waals surface area contributed by atoms with Gasteiger partial charge >= 0.3 is 0 Å². The Morgan fingerprint density at radius 2 is 1.77 bits per heavy atom. The van der Waals surface area contributed by atoms with Crippen LogP contribution in [0.1, 0.15) is 5.56 Å². The van der Waals surface area contributed by atoms with Gasteiger partial charge in [-0.2, -0.15) is 4.98 Å². The van der Waals surface area contributed by atoms with E-state index in [9.17, 15) is 0 Å². The molecule has 0 aliphatic heterocycles. The Morgan fingerprint density at radius 3 is 2.50 bits per heavy atom. The van der Waals surface area contributed by atoms with Crippen LogP contribution in [0.4, 0.5) is 6.01 Å². The van der Waals surface area contributed by atoms with Gasteiger partial charge in [0, 0.05) is 12.6 Å². The standard InChI is InChI=1S/C18H21N3O/c1-21(2)15(12-14-8-4-3-5-9-14)13-19-18-20-16-10-6-7-11-17(16)22-18/h3-11,15H,12-13H2,1-2H3,(H,19,20)/t15-/m0/s1. The van der Waals surface area contributed by atoms with E-state index in [2.05, 4.69) is 53.6 Å². The van der Waals surface area contributed by atoms with Crippen molar-refractivity contribution in [3.63, 3.8) is 0 Å². The van der Waals surface area contributed by atoms with Crippen molar-refractivity contribution in [3.8, 4) is 0 Å². The van der Waals surface area contributed by atoms with Crippen molar-refractivity contribution in [3.05, 3.63) is 60.2 Å². The van der Waals surface area contributed by atoms with E-state index in [1.807, 2.05) is 30.3 Å². The van der Waals surface area contributed by atoms with Crippen molar-refractivity contribution in [2.45, 2.75) is 12.5 Å². The molecule has 1 N–H and O–H groups in total. The number of hydrogen-bond acceptors (Lipinski definition) is 4. The van der Waals surface area contributed by atoms with E-state index < -0.39 is 0 Å². The second-order valence-corrected chi connectivity index (χ2v) is 5.67. The lowest BCUT2D eigenvalue weighted by Crippen LogP contribution is -2.36. The van der Waals surface area contributed by atoms with E-state index >= 15 is 0 Å². The normalized spacial score (nSPS) is 12.7. The highest BCUT2D eigenvalue weighted by atomic mass is 16.4. The van der Waals surface area contributed by atoms with Crippen molar-refractivity contribution < 1.29 is 4.42 Å². The molecule has 0 amide bonds. The molecular weight excluding hydrogens is 274 g/mol. The summed E-state index contributed by atoms with van der Waals surface area (Å²) in [6.45, 7) is 0.786. The molecule has 0 aliphatic carbocycles. The molecule has 1 heterocycles. The number of fused-ring (bicyclic) bond motifs is 1. The molecule has 114 valence electrons. The van der Waals surface area contributed by atoms with Crippen LogP contribution in [0.15, 0.2) is 59.0 Å². The highest BCUT2D eigenvalue weighted by molar-refractivity contribution is 5.74. The molecule has 0 saturated carbocycles. The average molecular weight is 295 g/mol. The number of rotatable bonds is 6. The minimum atomic E-state index is 0.373. The van der Waals surface area contributed by atoms with E-state index in [-0.39, 0.29) is 0 Å². The highest BCUT2D eigenvalue weighted by Crippen LogP contribution is 2.18. The summed E-state index contributed by atoms with van der Waals surface area (Å²) in [5.74, 6) is 0. The average Bonchev–Trinajstić information content (AvgIpc) is 2.95. The lowest BCUT2D eigenvalue weighted by atomic mass is 10.1. The first-order chi connectivity index (χ1) is 10.7. The molecule has 4 nitrogen and oxygen atoms in total. The van der Waals surface area contributed by atoms with Gasteiger partial charge in [-0.3, -0.25) is 0 Å². The number of nitrogens with zero attached hydrogens (tertiary/aromatic N) is 2. The van der Waals surface area contributed by atoms with E-state index in [4.69, 9.17) is 4.42 Å². The Labute approximate surface area is 130 Å². The highest BCUT2D eigenvalue weighted by Gasteiger charge is 2.13. The van der Waals surface area contributed by atoms with Crippen LogP contribution in [-0.2, 0) is 6.42 Å². The fourth-order valence-corrected chi connectivity index (χ4v) is 2.48. The van der Waals surface area contributed by atoms with Crippen LogP contribution in [0.25, 0.3) is 11.1 Å². The number of anilines is 1. The molecule has 0 radical (unpaired) electrons. The fourth-order valence-electron chi connectivity index (χ4n) is 2.48. The minimum absolute atomic E-state index is 0.373. The molecule has 22 heavy (non-hydrogen) atoms. The van der Waals surface area contributed by atoms with Gasteiger partial charge in [-0.25, -0.2) is 0 Å². The van der Waals surface area contributed by atoms with Crippen LogP contribution in [-0.4, -0.2) is 36.6 Å². The van der Waals surface area contributed by atoms with Gasteiger partial charge in [0.1, 0.15) is 5.52 Å². The molecule has 0 saturated heterocycles. The SMILES string of the molecule is CN(C)[C@H](CNc1nc2ccccc2o1)Cc1ccccc1. The zero-order valence-corrected chi connectivity index (χ0v) is 13.0. The summed E-state index contributed by atoms with van der Waals surface area (Å²) >= 11 is 0. The monoisotopic (exact) mass is 295 g/mol. The molecule has 1 aromatic heterocycles. The van der Waals surface area contributed by atoms with Gasteiger partial charge in [0.2, 0.25) is 0 Å². The fraction of sp³-hybridized carbons (Fsp3) is 0.278. The van der Waals surface area contributed by atoms with Gasteiger partial charge in [0.25, 0.3) is 6.01 Å². The number of aromatic nitrogens is 1. The Kier molecular flexibility index (Phi) is 4.39. The molecule has 0 fully saturated rings. The number of likely N-dealkylation sites (N-methyl/N-ethyl adjacent to an activating group) is 1. The van der Waals surface area contributed by atoms with Crippen LogP contribution in [0.2, 0.25) is 0 Å². The topological polar surface area (TPSA) is 41.3 Å². The zero-order chi connectivity index (χ0) is 15.4. The molecule has 2 aromatic carbocycles. The zero-order valence-electron chi connectivity index (χ0n) is 13.0. The van der Waals surface area contributed by atoms with Gasteiger partial charge in [-0.05, 0) is 38.2 Å². The van der Waals surface area contributed by atoms with Gasteiger partial charge < -0.3 is 14.6 Å². The summed E-state index contributed by atoms with van der Waals surface area (Å²) < 4.78 is 5.71. The van der Waals surface area contributed by atoms with E-state index in [1.165, 1.54) is 5.56 Å². The predicted octanol–water partition coefficient (Wildman–Crippen LogP) is 3.41. The molecule has 0 spiro atoms. The summed E-state index contributed by atoms with van der Waals surface area (Å²) in [7, 11) is 4.20. The Morgan fingerprint density at radius 1 is 1.05 bits per heavy atom. The predicted molar refractivity (Wildman–Crippen MR) is 90.1 cm³/mol. The molecule has 3 aromatic rings. The molecule has 3 rings (SSSR count). The number of para-hydroxylation sites is 2. The van der Waals surface area contributed by atoms with Crippen molar-refractivity contribution in [1.82, 2.24) is 9.88 Å². The summed E-state index contributed by atoms with van der Waals surface area (Å²) in [6.07, 6.45) is 0.987. The van der Waals surface area contributed by atoms with Crippen LogP contribution in [0.5, 0.6) is 0 Å². The number of oxazole rings is 1. The Hall–Kier alpha value is -2.33. The minimum Gasteiger partial charge on any atom is -0.424 e. The maximum Gasteiger partial charge on any atom is 0.295 e. The summed E-state index contributed by atoms with van der Waals surface area (Å²) in [4.78, 5) is 6.68. The van der Waals surface area contributed by atoms with Crippen LogP contribution in [0, 0.1) is 0 Å². The summed E-state index contributed by atoms with van der Waals surface area (Å²) in [6, 6.07) is 19.3. The van der Waals surface area contributed by atoms with Crippen molar-refractivity contribution in [2.24, 2.45) is 0 Å². The Balaban J connectivity index is 1.66. The first-order valence-electron chi connectivity index (χ1n) is 7.52. The third-order valence-electron chi connectivity index (χ3n) is 3.83. The van der Waals surface area contributed by atoms with E-state index in [1.54, 1.807) is 0 Å². The smallest absolute Gasteiger partial charge is 0.295 e. The van der Waals surface area contributed by atoms with Gasteiger partial charge in [-0.15, -0.1) is 0 Å². The lowest BCUT2D eigenvalue weighted by Gasteiger charge is -2.24. The first-order valence-corrected chi connectivity index (χ1v) is 7.52. The van der Waals surface area contributed by atoms with Crippen LogP contribution >= 0.6 is 0 Å². The molecule has 0 bridgehead atoms. The van der Waals surface area contributed by atoms with E-state index in [0.717, 1.165) is 24.1 Å². The molecule has 0 unspecified atom stereocenters. The van der Waals surface area contributed by atoms with Crippen molar-refractivity contribution in [2.75, 3.05) is 26.0 Å². The van der Waals surface area contributed by atoms with Gasteiger partial charge in [0.15, 0.2) is 5.58 Å². The largest absolute Gasteiger partial charge is 0.424 e. The molecule has 4 heteroatoms. The quantitative estimate of drug-likeness (QED) is 0.756. The number of nitrogens with one attached hydrogen (secondary N) is 1.